The molecule has 5 unspecified atom stereocenters. The number of phenolic OH excluding ortho intramolecular Hbond substituents is 1. The van der Waals surface area contributed by atoms with Gasteiger partial charge in [-0.3, -0.25) is 14.5 Å². The summed E-state index contributed by atoms with van der Waals surface area (Å²) >= 11 is 0. The molecule has 1 aromatic carbocycles. The maximum atomic E-state index is 13.2. The van der Waals surface area contributed by atoms with Crippen LogP contribution in [0.2, 0.25) is 0 Å². The van der Waals surface area contributed by atoms with Gasteiger partial charge in [0.1, 0.15) is 23.9 Å². The number of aromatic hydroxyl groups is 1. The van der Waals surface area contributed by atoms with Crippen molar-refractivity contribution in [2.75, 3.05) is 19.7 Å². The Morgan fingerprint density at radius 2 is 1.92 bits per heavy atom. The second kappa shape index (κ2) is 11.1. The maximum Gasteiger partial charge on any atom is 0.350 e. The van der Waals surface area contributed by atoms with Crippen molar-refractivity contribution in [3.63, 3.8) is 0 Å². The molecule has 0 aromatic heterocycles. The van der Waals surface area contributed by atoms with E-state index in [4.69, 9.17) is 9.47 Å². The monoisotopic (exact) mass is 540 g/mol. The van der Waals surface area contributed by atoms with E-state index in [-0.39, 0.29) is 42.4 Å². The lowest BCUT2D eigenvalue weighted by atomic mass is 9.69. The highest BCUT2D eigenvalue weighted by Crippen LogP contribution is 2.43. The molecule has 212 valence electrons. The number of ether oxygens (including phenoxy) is 2. The van der Waals surface area contributed by atoms with Gasteiger partial charge < -0.3 is 25.0 Å². The molecule has 3 aliphatic rings. The molecule has 3 N–H and O–H groups in total. The zero-order valence-corrected chi connectivity index (χ0v) is 23.7. The predicted molar refractivity (Wildman–Crippen MR) is 145 cm³/mol. The van der Waals surface area contributed by atoms with Gasteiger partial charge in [-0.2, -0.15) is 0 Å². The van der Waals surface area contributed by atoms with Gasteiger partial charge in [0.2, 0.25) is 11.5 Å². The van der Waals surface area contributed by atoms with Gasteiger partial charge in [-0.15, -0.1) is 0 Å². The molecule has 1 aromatic rings. The van der Waals surface area contributed by atoms with E-state index in [0.717, 1.165) is 22.3 Å². The van der Waals surface area contributed by atoms with Gasteiger partial charge in [0.05, 0.1) is 12.0 Å². The molecular weight excluding hydrogens is 500 g/mol. The number of rotatable bonds is 8. The van der Waals surface area contributed by atoms with Crippen molar-refractivity contribution in [1.29, 1.82) is 0 Å². The average Bonchev–Trinajstić information content (AvgIpc) is 2.89. The van der Waals surface area contributed by atoms with Crippen molar-refractivity contribution in [2.24, 2.45) is 11.8 Å². The highest BCUT2D eigenvalue weighted by Gasteiger charge is 2.45. The quantitative estimate of drug-likeness (QED) is 0.340. The number of Topliss-reactive ketones (excluding diaryl/α,β-unsaturated/α-hetero) is 1. The van der Waals surface area contributed by atoms with Crippen molar-refractivity contribution in [2.45, 2.75) is 78.6 Å². The van der Waals surface area contributed by atoms with Crippen LogP contribution >= 0.6 is 0 Å². The van der Waals surface area contributed by atoms with E-state index in [1.165, 1.54) is 6.92 Å². The summed E-state index contributed by atoms with van der Waals surface area (Å²) in [5.74, 6) is -0.676. The molecule has 0 radical (unpaired) electrons. The third-order valence-corrected chi connectivity index (χ3v) is 8.52. The van der Waals surface area contributed by atoms with Crippen LogP contribution < -0.4 is 10.1 Å². The van der Waals surface area contributed by atoms with Crippen molar-refractivity contribution in [3.05, 3.63) is 46.2 Å². The van der Waals surface area contributed by atoms with Gasteiger partial charge in [0, 0.05) is 49.5 Å². The molecule has 1 heterocycles. The van der Waals surface area contributed by atoms with E-state index >= 15 is 0 Å². The normalized spacial score (nSPS) is 27.8. The molecule has 9 heteroatoms. The van der Waals surface area contributed by atoms with E-state index in [1.807, 2.05) is 45.9 Å². The van der Waals surface area contributed by atoms with Crippen LogP contribution in [0.4, 0.5) is 0 Å². The van der Waals surface area contributed by atoms with Gasteiger partial charge in [-0.05, 0) is 63.4 Å². The van der Waals surface area contributed by atoms with Crippen LogP contribution in [0.25, 0.3) is 0 Å². The van der Waals surface area contributed by atoms with Crippen LogP contribution in [-0.2, 0) is 25.5 Å². The first kappa shape index (κ1) is 28.8. The number of phenols is 1. The molecule has 4 rings (SSSR count). The second-order valence-corrected chi connectivity index (χ2v) is 11.1. The Bertz CT molecular complexity index is 1240. The number of hydrogen-bond acceptors (Lipinski definition) is 8. The summed E-state index contributed by atoms with van der Waals surface area (Å²) in [6.07, 6.45) is 6.24. The number of hydrogen-bond donors (Lipinski definition) is 3. The fraction of sp³-hybridized carbons (Fsp3) is 0.567. The molecule has 1 saturated carbocycles. The van der Waals surface area contributed by atoms with Gasteiger partial charge in [-0.25, -0.2) is 4.79 Å². The van der Waals surface area contributed by atoms with Gasteiger partial charge >= 0.3 is 5.97 Å². The lowest BCUT2D eigenvalue weighted by Crippen LogP contribution is -2.49. The Morgan fingerprint density at radius 3 is 2.54 bits per heavy atom. The smallest absolute Gasteiger partial charge is 0.350 e. The molecule has 1 fully saturated rings. The Morgan fingerprint density at radius 1 is 1.21 bits per heavy atom. The van der Waals surface area contributed by atoms with Crippen LogP contribution in [0.5, 0.6) is 11.5 Å². The lowest BCUT2D eigenvalue weighted by molar-refractivity contribution is -0.162. The Balaban J connectivity index is 1.40. The molecule has 0 spiro atoms. The Hall–Kier alpha value is -3.17. The molecule has 2 aliphatic carbocycles. The number of carbonyl (C=O) groups is 3. The van der Waals surface area contributed by atoms with E-state index < -0.39 is 23.6 Å². The number of esters is 1. The lowest BCUT2D eigenvalue weighted by Gasteiger charge is -2.39. The van der Waals surface area contributed by atoms with E-state index in [0.29, 0.717) is 37.4 Å². The zero-order valence-electron chi connectivity index (χ0n) is 23.7. The molecule has 0 bridgehead atoms. The summed E-state index contributed by atoms with van der Waals surface area (Å²) in [5.41, 5.74) is 2.76. The van der Waals surface area contributed by atoms with Crippen LogP contribution in [0.3, 0.4) is 0 Å². The van der Waals surface area contributed by atoms with Gasteiger partial charge in [0.15, 0.2) is 0 Å². The molecule has 9 nitrogen and oxygen atoms in total. The largest absolute Gasteiger partial charge is 0.507 e. The molecule has 0 saturated heterocycles. The number of aliphatic hydroxyl groups excluding tert-OH is 1. The number of carbonyl (C=O) groups excluding carboxylic acids is 3. The number of nitrogens with zero attached hydrogens (tertiary/aromatic N) is 1. The second-order valence-electron chi connectivity index (χ2n) is 11.1. The molecule has 1 amide bonds. The van der Waals surface area contributed by atoms with Crippen LogP contribution in [0, 0.1) is 32.6 Å². The third kappa shape index (κ3) is 5.47. The predicted octanol–water partition coefficient (Wildman–Crippen LogP) is 2.79. The van der Waals surface area contributed by atoms with Crippen LogP contribution in [0.15, 0.2) is 23.9 Å². The number of fused-ring (bicyclic) bond motifs is 1. The summed E-state index contributed by atoms with van der Waals surface area (Å²) in [5, 5.41) is 23.4. The number of amides is 1. The summed E-state index contributed by atoms with van der Waals surface area (Å²) in [6.45, 7) is 12.0. The number of ketones is 1. The molecule has 39 heavy (non-hydrogen) atoms. The number of allylic oxidation sites excluding steroid dienone is 1. The third-order valence-electron chi connectivity index (χ3n) is 8.52. The number of nitrogens with one attached hydrogen (secondary N) is 1. The number of benzene rings is 1. The van der Waals surface area contributed by atoms with Gasteiger partial charge in [-0.1, -0.05) is 19.1 Å². The first-order chi connectivity index (χ1) is 18.4. The number of likely N-dealkylation sites (N-methyl/N-ethyl adjacent to an activating group) is 1. The first-order valence-electron chi connectivity index (χ1n) is 13.7. The van der Waals surface area contributed by atoms with Crippen molar-refractivity contribution in [3.8, 4) is 11.5 Å². The minimum atomic E-state index is -1.13. The molecular formula is C30H40N2O7. The first-order valence-corrected chi connectivity index (χ1v) is 13.7. The number of aliphatic hydroxyl groups is 1. The standard InChI is InChI=1S/C30H40N2O7/c1-7-32(20-8-9-22(23(14-20)31-19(5)33)26-24(34)15-25(26)35)12-13-38-29(37)30(6)11-10-21-18(4)27(36)16(2)17(3)28(21)39-30/h8-9,14,20,22,24,26,34,36H,7,10-13,15H2,1-6H3,(H,31,33). The SMILES string of the molecule is CCN(CCOC(=O)C1(C)CCc2c(C)c(O)c(C)c(C)c2O1)C1C=CC(C2C(=O)CC2O)C(NC(C)=O)=C1. The minimum absolute atomic E-state index is 0.00974. The molecule has 1 aliphatic heterocycles. The van der Waals surface area contributed by atoms with E-state index in [2.05, 4.69) is 10.2 Å². The van der Waals surface area contributed by atoms with E-state index in [1.54, 1.807) is 6.92 Å². The van der Waals surface area contributed by atoms with Crippen LogP contribution in [-0.4, -0.2) is 70.2 Å². The maximum absolute atomic E-state index is 13.2. The fourth-order valence-corrected chi connectivity index (χ4v) is 5.84. The van der Waals surface area contributed by atoms with Crippen molar-refractivity contribution >= 4 is 17.7 Å². The van der Waals surface area contributed by atoms with Crippen LogP contribution in [0.1, 0.15) is 55.9 Å². The molecule has 5 atom stereocenters. The average molecular weight is 541 g/mol. The Kier molecular flexibility index (Phi) is 8.23. The summed E-state index contributed by atoms with van der Waals surface area (Å²) in [7, 11) is 0. The summed E-state index contributed by atoms with van der Waals surface area (Å²) < 4.78 is 11.9. The van der Waals surface area contributed by atoms with Gasteiger partial charge in [0.25, 0.3) is 0 Å². The minimum Gasteiger partial charge on any atom is -0.507 e. The summed E-state index contributed by atoms with van der Waals surface area (Å²) in [4.78, 5) is 39.3. The van der Waals surface area contributed by atoms with E-state index in [9.17, 15) is 24.6 Å². The highest BCUT2D eigenvalue weighted by molar-refractivity contribution is 5.89. The Labute approximate surface area is 229 Å². The topological polar surface area (TPSA) is 125 Å². The van der Waals surface area contributed by atoms with Crippen molar-refractivity contribution in [1.82, 2.24) is 10.2 Å². The summed E-state index contributed by atoms with van der Waals surface area (Å²) in [6, 6.07) is -0.172. The van der Waals surface area contributed by atoms with Crippen molar-refractivity contribution < 1.29 is 34.1 Å². The fourth-order valence-electron chi connectivity index (χ4n) is 5.84. The highest BCUT2D eigenvalue weighted by atomic mass is 16.6. The zero-order chi connectivity index (χ0) is 28.6.